The van der Waals surface area contributed by atoms with Gasteiger partial charge in [-0.2, -0.15) is 0 Å². The number of amides is 2. The molecule has 0 radical (unpaired) electrons. The molecular formula is C18H20N2O4. The summed E-state index contributed by atoms with van der Waals surface area (Å²) in [6, 6.07) is 12.9. The van der Waals surface area contributed by atoms with Crippen molar-refractivity contribution in [1.29, 1.82) is 0 Å². The molecule has 6 heteroatoms. The van der Waals surface area contributed by atoms with Crippen LogP contribution in [-0.2, 0) is 16.2 Å². The molecule has 0 saturated carbocycles. The topological polar surface area (TPSA) is 71.8 Å². The number of carbonyl (C=O) groups is 2. The van der Waals surface area contributed by atoms with Gasteiger partial charge in [0.15, 0.2) is 5.76 Å². The zero-order valence-electron chi connectivity index (χ0n) is 13.3. The number of hydroxylamine groups is 1. The van der Waals surface area contributed by atoms with Gasteiger partial charge in [-0.1, -0.05) is 30.3 Å². The van der Waals surface area contributed by atoms with Gasteiger partial charge in [0.05, 0.1) is 18.8 Å². The average molecular weight is 328 g/mol. The van der Waals surface area contributed by atoms with Crippen LogP contribution in [0.2, 0.25) is 0 Å². The molecule has 24 heavy (non-hydrogen) atoms. The molecular weight excluding hydrogens is 308 g/mol. The van der Waals surface area contributed by atoms with Crippen molar-refractivity contribution in [1.82, 2.24) is 10.4 Å². The van der Waals surface area contributed by atoms with E-state index in [9.17, 15) is 9.59 Å². The third kappa shape index (κ3) is 4.02. The SMILES string of the molecule is O=C(NOCc1ccccc1)C1CCCN(C(=O)c2ccco2)C1. The average Bonchev–Trinajstić information content (AvgIpc) is 3.16. The summed E-state index contributed by atoms with van der Waals surface area (Å²) in [7, 11) is 0. The highest BCUT2D eigenvalue weighted by Crippen LogP contribution is 2.19. The van der Waals surface area contributed by atoms with E-state index >= 15 is 0 Å². The number of nitrogens with one attached hydrogen (secondary N) is 1. The first kappa shape index (κ1) is 16.3. The Morgan fingerprint density at radius 2 is 2.04 bits per heavy atom. The number of likely N-dealkylation sites (tertiary alicyclic amines) is 1. The lowest BCUT2D eigenvalue weighted by molar-refractivity contribution is -0.140. The van der Waals surface area contributed by atoms with E-state index in [0.717, 1.165) is 18.4 Å². The maximum Gasteiger partial charge on any atom is 0.289 e. The molecule has 1 saturated heterocycles. The second kappa shape index (κ2) is 7.79. The maximum absolute atomic E-state index is 12.3. The summed E-state index contributed by atoms with van der Waals surface area (Å²) in [6.07, 6.45) is 2.99. The maximum atomic E-state index is 12.3. The van der Waals surface area contributed by atoms with Crippen molar-refractivity contribution in [3.05, 3.63) is 60.1 Å². The highest BCUT2D eigenvalue weighted by Gasteiger charge is 2.29. The fraction of sp³-hybridized carbons (Fsp3) is 0.333. The van der Waals surface area contributed by atoms with Crippen LogP contribution in [0.15, 0.2) is 53.1 Å². The first-order valence-corrected chi connectivity index (χ1v) is 8.02. The Labute approximate surface area is 140 Å². The van der Waals surface area contributed by atoms with Crippen LogP contribution in [-0.4, -0.2) is 29.8 Å². The highest BCUT2D eigenvalue weighted by molar-refractivity contribution is 5.92. The van der Waals surface area contributed by atoms with Gasteiger partial charge in [0.25, 0.3) is 5.91 Å². The predicted octanol–water partition coefficient (Wildman–Crippen LogP) is 2.38. The minimum absolute atomic E-state index is 0.178. The summed E-state index contributed by atoms with van der Waals surface area (Å²) in [5, 5.41) is 0. The Bertz CT molecular complexity index is 670. The lowest BCUT2D eigenvalue weighted by atomic mass is 9.97. The Morgan fingerprint density at radius 1 is 1.21 bits per heavy atom. The van der Waals surface area contributed by atoms with Crippen molar-refractivity contribution in [3.63, 3.8) is 0 Å². The van der Waals surface area contributed by atoms with Crippen molar-refractivity contribution in [3.8, 4) is 0 Å². The van der Waals surface area contributed by atoms with E-state index in [0.29, 0.717) is 25.5 Å². The van der Waals surface area contributed by atoms with E-state index in [4.69, 9.17) is 9.25 Å². The van der Waals surface area contributed by atoms with Gasteiger partial charge in [0.2, 0.25) is 5.91 Å². The summed E-state index contributed by atoms with van der Waals surface area (Å²) >= 11 is 0. The largest absolute Gasteiger partial charge is 0.459 e. The van der Waals surface area contributed by atoms with E-state index in [2.05, 4.69) is 5.48 Å². The van der Waals surface area contributed by atoms with Crippen LogP contribution in [0.4, 0.5) is 0 Å². The molecule has 1 aliphatic rings. The molecule has 126 valence electrons. The molecule has 6 nitrogen and oxygen atoms in total. The van der Waals surface area contributed by atoms with Crippen LogP contribution in [0, 0.1) is 5.92 Å². The number of hydrogen-bond donors (Lipinski definition) is 1. The van der Waals surface area contributed by atoms with Gasteiger partial charge in [-0.25, -0.2) is 5.48 Å². The molecule has 0 spiro atoms. The highest BCUT2D eigenvalue weighted by atomic mass is 16.6. The van der Waals surface area contributed by atoms with E-state index < -0.39 is 0 Å². The molecule has 1 unspecified atom stereocenters. The normalized spacial score (nSPS) is 17.5. The fourth-order valence-electron chi connectivity index (χ4n) is 2.78. The minimum Gasteiger partial charge on any atom is -0.459 e. The molecule has 1 atom stereocenters. The van der Waals surface area contributed by atoms with Gasteiger partial charge in [0, 0.05) is 13.1 Å². The fourth-order valence-corrected chi connectivity index (χ4v) is 2.78. The summed E-state index contributed by atoms with van der Waals surface area (Å²) in [6.45, 7) is 1.32. The first-order valence-electron chi connectivity index (χ1n) is 8.02. The van der Waals surface area contributed by atoms with Crippen LogP contribution in [0.3, 0.4) is 0 Å². The summed E-state index contributed by atoms with van der Waals surface area (Å²) in [5.41, 5.74) is 3.48. The smallest absolute Gasteiger partial charge is 0.289 e. The molecule has 2 amide bonds. The molecule has 1 aliphatic heterocycles. The summed E-state index contributed by atoms with van der Waals surface area (Å²) in [4.78, 5) is 31.5. The zero-order valence-corrected chi connectivity index (χ0v) is 13.3. The molecule has 1 aromatic heterocycles. The van der Waals surface area contributed by atoms with Crippen LogP contribution in [0.5, 0.6) is 0 Å². The van der Waals surface area contributed by atoms with Gasteiger partial charge in [-0.3, -0.25) is 14.4 Å². The van der Waals surface area contributed by atoms with Crippen LogP contribution < -0.4 is 5.48 Å². The van der Waals surface area contributed by atoms with E-state index in [1.807, 2.05) is 30.3 Å². The van der Waals surface area contributed by atoms with Crippen molar-refractivity contribution in [2.45, 2.75) is 19.4 Å². The number of furan rings is 1. The predicted molar refractivity (Wildman–Crippen MR) is 86.7 cm³/mol. The van der Waals surface area contributed by atoms with Gasteiger partial charge in [-0.05, 0) is 30.5 Å². The van der Waals surface area contributed by atoms with Gasteiger partial charge >= 0.3 is 0 Å². The summed E-state index contributed by atoms with van der Waals surface area (Å²) < 4.78 is 5.14. The lowest BCUT2D eigenvalue weighted by Crippen LogP contribution is -2.45. The van der Waals surface area contributed by atoms with E-state index in [1.165, 1.54) is 6.26 Å². The summed E-state index contributed by atoms with van der Waals surface area (Å²) in [5.74, 6) is -0.338. The number of benzene rings is 1. The monoisotopic (exact) mass is 328 g/mol. The zero-order chi connectivity index (χ0) is 16.8. The van der Waals surface area contributed by atoms with Gasteiger partial charge in [0.1, 0.15) is 0 Å². The number of carbonyl (C=O) groups excluding carboxylic acids is 2. The number of nitrogens with zero attached hydrogens (tertiary/aromatic N) is 1. The van der Waals surface area contributed by atoms with Crippen LogP contribution >= 0.6 is 0 Å². The molecule has 1 N–H and O–H groups in total. The molecule has 2 heterocycles. The third-order valence-electron chi connectivity index (χ3n) is 4.07. The van der Waals surface area contributed by atoms with Gasteiger partial charge < -0.3 is 9.32 Å². The Morgan fingerprint density at radius 3 is 2.79 bits per heavy atom. The van der Waals surface area contributed by atoms with Crippen molar-refractivity contribution < 1.29 is 18.8 Å². The molecule has 0 aliphatic carbocycles. The Kier molecular flexibility index (Phi) is 5.28. The molecule has 3 rings (SSSR count). The third-order valence-corrected chi connectivity index (χ3v) is 4.07. The minimum atomic E-state index is -0.270. The molecule has 1 aromatic carbocycles. The van der Waals surface area contributed by atoms with Crippen LogP contribution in [0.1, 0.15) is 29.0 Å². The number of hydrogen-bond acceptors (Lipinski definition) is 4. The number of piperidine rings is 1. The molecule has 2 aromatic rings. The van der Waals surface area contributed by atoms with Crippen molar-refractivity contribution in [2.75, 3.05) is 13.1 Å². The van der Waals surface area contributed by atoms with Crippen molar-refractivity contribution in [2.24, 2.45) is 5.92 Å². The number of rotatable bonds is 5. The van der Waals surface area contributed by atoms with Crippen molar-refractivity contribution >= 4 is 11.8 Å². The Balaban J connectivity index is 1.49. The van der Waals surface area contributed by atoms with Crippen LogP contribution in [0.25, 0.3) is 0 Å². The molecule has 1 fully saturated rings. The Hall–Kier alpha value is -2.60. The first-order chi connectivity index (χ1) is 11.7. The molecule has 0 bridgehead atoms. The second-order valence-electron chi connectivity index (χ2n) is 5.81. The quantitative estimate of drug-likeness (QED) is 0.856. The second-order valence-corrected chi connectivity index (χ2v) is 5.81. The van der Waals surface area contributed by atoms with E-state index in [1.54, 1.807) is 17.0 Å². The standard InChI is InChI=1S/C18H20N2O4/c21-17(19-24-13-14-6-2-1-3-7-14)15-8-4-10-20(12-15)18(22)16-9-5-11-23-16/h1-3,5-7,9,11,15H,4,8,10,12-13H2,(H,19,21). The van der Waals surface area contributed by atoms with Gasteiger partial charge in [-0.15, -0.1) is 0 Å². The lowest BCUT2D eigenvalue weighted by Gasteiger charge is -2.31. The van der Waals surface area contributed by atoms with E-state index in [-0.39, 0.29) is 17.7 Å².